The number of aryl methyl sites for hydroxylation is 1. The van der Waals surface area contributed by atoms with E-state index in [2.05, 4.69) is 47.4 Å². The van der Waals surface area contributed by atoms with Gasteiger partial charge in [-0.25, -0.2) is 4.98 Å². The molecular formula is C17H30N4. The first-order chi connectivity index (χ1) is 10.1. The van der Waals surface area contributed by atoms with Crippen LogP contribution in [0.15, 0.2) is 6.07 Å². The van der Waals surface area contributed by atoms with Crippen LogP contribution in [0.4, 0.5) is 11.8 Å². The number of nitrogens with one attached hydrogen (secondary N) is 2. The third kappa shape index (κ3) is 4.58. The van der Waals surface area contributed by atoms with Crippen molar-refractivity contribution in [1.29, 1.82) is 0 Å². The quantitative estimate of drug-likeness (QED) is 0.823. The van der Waals surface area contributed by atoms with Crippen LogP contribution in [0.3, 0.4) is 0 Å². The second-order valence-corrected chi connectivity index (χ2v) is 6.59. The predicted molar refractivity (Wildman–Crippen MR) is 89.8 cm³/mol. The molecule has 2 unspecified atom stereocenters. The summed E-state index contributed by atoms with van der Waals surface area (Å²) in [6.45, 7) is 9.77. The molecule has 1 heterocycles. The zero-order valence-corrected chi connectivity index (χ0v) is 13.9. The van der Waals surface area contributed by atoms with Crippen molar-refractivity contribution >= 4 is 11.8 Å². The lowest BCUT2D eigenvalue weighted by Gasteiger charge is -2.35. The minimum Gasteiger partial charge on any atom is -0.367 e. The number of nitrogens with zero attached hydrogens (tertiary/aromatic N) is 2. The Balaban J connectivity index is 2.08. The Morgan fingerprint density at radius 1 is 1.24 bits per heavy atom. The Bertz CT molecular complexity index is 444. The number of anilines is 2. The van der Waals surface area contributed by atoms with E-state index in [1.54, 1.807) is 0 Å². The van der Waals surface area contributed by atoms with Crippen LogP contribution >= 0.6 is 0 Å². The molecule has 2 N–H and O–H groups in total. The van der Waals surface area contributed by atoms with Gasteiger partial charge in [-0.2, -0.15) is 4.98 Å². The summed E-state index contributed by atoms with van der Waals surface area (Å²) < 4.78 is 0. The predicted octanol–water partition coefficient (Wildman–Crippen LogP) is 4.23. The van der Waals surface area contributed by atoms with Crippen LogP contribution in [0.5, 0.6) is 0 Å². The highest BCUT2D eigenvalue weighted by Gasteiger charge is 2.27. The van der Waals surface area contributed by atoms with Crippen molar-refractivity contribution in [2.24, 2.45) is 11.8 Å². The molecule has 0 amide bonds. The van der Waals surface area contributed by atoms with Crippen LogP contribution in [-0.2, 0) is 0 Å². The molecular weight excluding hydrogens is 260 g/mol. The van der Waals surface area contributed by atoms with Gasteiger partial charge in [-0.3, -0.25) is 0 Å². The topological polar surface area (TPSA) is 49.8 Å². The van der Waals surface area contributed by atoms with Gasteiger partial charge < -0.3 is 10.6 Å². The Kier molecular flexibility index (Phi) is 5.83. The third-order valence-corrected chi connectivity index (χ3v) is 4.40. The van der Waals surface area contributed by atoms with Crippen molar-refractivity contribution in [3.8, 4) is 0 Å². The standard InChI is InChI=1S/C17H30N4/c1-5-10-18-17-19-13(4)11-16(21-17)20-15-9-7-6-8-14(15)12(2)3/h11-12,14-15H,5-10H2,1-4H3,(H2,18,19,20,21). The molecule has 0 saturated heterocycles. The van der Waals surface area contributed by atoms with E-state index in [1.807, 2.05) is 6.92 Å². The first-order valence-electron chi connectivity index (χ1n) is 8.46. The minimum atomic E-state index is 0.548. The molecule has 0 bridgehead atoms. The summed E-state index contributed by atoms with van der Waals surface area (Å²) in [6, 6.07) is 2.61. The van der Waals surface area contributed by atoms with Gasteiger partial charge in [-0.15, -0.1) is 0 Å². The summed E-state index contributed by atoms with van der Waals surface area (Å²) in [7, 11) is 0. The van der Waals surface area contributed by atoms with Crippen molar-refractivity contribution in [3.05, 3.63) is 11.8 Å². The fourth-order valence-electron chi connectivity index (χ4n) is 3.29. The molecule has 1 aliphatic carbocycles. The molecule has 0 radical (unpaired) electrons. The lowest BCUT2D eigenvalue weighted by Crippen LogP contribution is -2.35. The summed E-state index contributed by atoms with van der Waals surface area (Å²) in [6.07, 6.45) is 6.36. The largest absolute Gasteiger partial charge is 0.367 e. The van der Waals surface area contributed by atoms with Gasteiger partial charge in [0.2, 0.25) is 5.95 Å². The Morgan fingerprint density at radius 3 is 2.71 bits per heavy atom. The molecule has 118 valence electrons. The number of rotatable bonds is 6. The fourth-order valence-corrected chi connectivity index (χ4v) is 3.29. The molecule has 4 nitrogen and oxygen atoms in total. The van der Waals surface area contributed by atoms with Crippen LogP contribution < -0.4 is 10.6 Å². The van der Waals surface area contributed by atoms with Gasteiger partial charge in [-0.1, -0.05) is 33.6 Å². The summed E-state index contributed by atoms with van der Waals surface area (Å²) in [5.41, 5.74) is 1.02. The molecule has 0 aliphatic heterocycles. The van der Waals surface area contributed by atoms with E-state index in [9.17, 15) is 0 Å². The van der Waals surface area contributed by atoms with E-state index in [0.717, 1.165) is 42.3 Å². The van der Waals surface area contributed by atoms with E-state index in [0.29, 0.717) is 6.04 Å². The molecule has 0 aromatic carbocycles. The van der Waals surface area contributed by atoms with Crippen LogP contribution in [0.1, 0.15) is 58.6 Å². The maximum absolute atomic E-state index is 4.63. The maximum atomic E-state index is 4.63. The van der Waals surface area contributed by atoms with Gasteiger partial charge in [0.15, 0.2) is 0 Å². The van der Waals surface area contributed by atoms with Crippen molar-refractivity contribution in [3.63, 3.8) is 0 Å². The van der Waals surface area contributed by atoms with Gasteiger partial charge >= 0.3 is 0 Å². The zero-order valence-electron chi connectivity index (χ0n) is 13.9. The van der Waals surface area contributed by atoms with E-state index in [-0.39, 0.29) is 0 Å². The van der Waals surface area contributed by atoms with Gasteiger partial charge in [0.25, 0.3) is 0 Å². The molecule has 1 aromatic rings. The Labute approximate surface area is 129 Å². The second-order valence-electron chi connectivity index (χ2n) is 6.59. The summed E-state index contributed by atoms with van der Waals surface area (Å²) in [5.74, 6) is 3.19. The molecule has 21 heavy (non-hydrogen) atoms. The number of hydrogen-bond acceptors (Lipinski definition) is 4. The van der Waals surface area contributed by atoms with Crippen LogP contribution in [0.25, 0.3) is 0 Å². The van der Waals surface area contributed by atoms with Crippen molar-refractivity contribution < 1.29 is 0 Å². The average molecular weight is 290 g/mol. The molecule has 0 spiro atoms. The number of hydrogen-bond donors (Lipinski definition) is 2. The first-order valence-corrected chi connectivity index (χ1v) is 8.46. The van der Waals surface area contributed by atoms with E-state index in [1.165, 1.54) is 25.7 Å². The Morgan fingerprint density at radius 2 is 2.00 bits per heavy atom. The SMILES string of the molecule is CCCNc1nc(C)cc(NC2CCCCC2C(C)C)n1. The third-order valence-electron chi connectivity index (χ3n) is 4.40. The van der Waals surface area contributed by atoms with Gasteiger partial charge in [0.1, 0.15) is 5.82 Å². The molecule has 2 rings (SSSR count). The van der Waals surface area contributed by atoms with Crippen molar-refractivity contribution in [2.45, 2.75) is 65.8 Å². The monoisotopic (exact) mass is 290 g/mol. The average Bonchev–Trinajstić information content (AvgIpc) is 2.45. The molecule has 1 aromatic heterocycles. The number of aromatic nitrogens is 2. The molecule has 4 heteroatoms. The van der Waals surface area contributed by atoms with E-state index < -0.39 is 0 Å². The van der Waals surface area contributed by atoms with Gasteiger partial charge in [-0.05, 0) is 38.0 Å². The van der Waals surface area contributed by atoms with Gasteiger partial charge in [0.05, 0.1) is 0 Å². The first kappa shape index (κ1) is 16.1. The molecule has 2 atom stereocenters. The highest BCUT2D eigenvalue weighted by molar-refractivity contribution is 5.43. The minimum absolute atomic E-state index is 0.548. The summed E-state index contributed by atoms with van der Waals surface area (Å²) >= 11 is 0. The fraction of sp³-hybridized carbons (Fsp3) is 0.765. The zero-order chi connectivity index (χ0) is 15.2. The van der Waals surface area contributed by atoms with Crippen molar-refractivity contribution in [1.82, 2.24) is 9.97 Å². The van der Waals surface area contributed by atoms with Crippen LogP contribution in [-0.4, -0.2) is 22.6 Å². The van der Waals surface area contributed by atoms with E-state index >= 15 is 0 Å². The molecule has 1 aliphatic rings. The normalized spacial score (nSPS) is 22.3. The van der Waals surface area contributed by atoms with Crippen molar-refractivity contribution in [2.75, 3.05) is 17.2 Å². The lowest BCUT2D eigenvalue weighted by molar-refractivity contribution is 0.253. The maximum Gasteiger partial charge on any atom is 0.224 e. The Hall–Kier alpha value is -1.32. The smallest absolute Gasteiger partial charge is 0.224 e. The summed E-state index contributed by atoms with van der Waals surface area (Å²) in [5, 5.41) is 6.96. The second kappa shape index (κ2) is 7.62. The van der Waals surface area contributed by atoms with E-state index in [4.69, 9.17) is 0 Å². The van der Waals surface area contributed by atoms with Gasteiger partial charge in [0, 0.05) is 24.3 Å². The summed E-state index contributed by atoms with van der Waals surface area (Å²) in [4.78, 5) is 9.08. The molecule has 1 fully saturated rings. The lowest BCUT2D eigenvalue weighted by atomic mass is 9.78. The molecule has 1 saturated carbocycles. The highest BCUT2D eigenvalue weighted by Crippen LogP contribution is 2.32. The van der Waals surface area contributed by atoms with Crippen LogP contribution in [0.2, 0.25) is 0 Å². The highest BCUT2D eigenvalue weighted by atomic mass is 15.1. The van der Waals surface area contributed by atoms with Crippen LogP contribution in [0, 0.1) is 18.8 Å².